The van der Waals surface area contributed by atoms with Crippen molar-refractivity contribution in [2.75, 3.05) is 33.9 Å². The van der Waals surface area contributed by atoms with Crippen LogP contribution in [-0.2, 0) is 25.3 Å². The number of esters is 1. The van der Waals surface area contributed by atoms with Crippen molar-refractivity contribution in [3.05, 3.63) is 29.8 Å². The number of alkyl halides is 3. The van der Waals surface area contributed by atoms with E-state index < -0.39 is 36.8 Å². The molecule has 0 atom stereocenters. The Hall–Kier alpha value is -2.78. The first-order valence-corrected chi connectivity index (χ1v) is 7.02. The Labute approximate surface area is 141 Å². The van der Waals surface area contributed by atoms with Crippen molar-refractivity contribution in [2.24, 2.45) is 0 Å². The smallest absolute Gasteiger partial charge is 0.416 e. The van der Waals surface area contributed by atoms with Gasteiger partial charge in [-0.05, 0) is 18.2 Å². The summed E-state index contributed by atoms with van der Waals surface area (Å²) in [7, 11) is 3.03. The van der Waals surface area contributed by atoms with Crippen LogP contribution in [0.4, 0.5) is 13.2 Å². The third kappa shape index (κ3) is 7.55. The largest absolute Gasteiger partial charge is 0.482 e. The quantitative estimate of drug-likeness (QED) is 0.727. The normalized spacial score (nSPS) is 10.8. The molecule has 0 unspecified atom stereocenters. The Bertz CT molecular complexity index is 632. The van der Waals surface area contributed by atoms with Gasteiger partial charge in [0.05, 0.1) is 12.1 Å². The standard InChI is InChI=1S/C15H17F3N2O5/c1-20(2)13(22)7-19-12(21)8-25-14(23)9-24-11-5-3-4-10(6-11)15(16,17)18/h3-6H,7-9H2,1-2H3,(H,19,21). The molecule has 0 saturated carbocycles. The molecule has 0 heterocycles. The number of amides is 2. The Morgan fingerprint density at radius 1 is 1.16 bits per heavy atom. The van der Waals surface area contributed by atoms with E-state index in [-0.39, 0.29) is 18.2 Å². The lowest BCUT2D eigenvalue weighted by Crippen LogP contribution is -2.38. The lowest BCUT2D eigenvalue weighted by atomic mass is 10.2. The molecule has 138 valence electrons. The maximum atomic E-state index is 12.5. The van der Waals surface area contributed by atoms with Crippen LogP contribution in [0.2, 0.25) is 0 Å². The van der Waals surface area contributed by atoms with E-state index in [4.69, 9.17) is 4.74 Å². The highest BCUT2D eigenvalue weighted by atomic mass is 19.4. The van der Waals surface area contributed by atoms with Crippen LogP contribution < -0.4 is 10.1 Å². The van der Waals surface area contributed by atoms with Crippen LogP contribution in [0.1, 0.15) is 5.56 Å². The Balaban J connectivity index is 2.36. The van der Waals surface area contributed by atoms with Gasteiger partial charge in [-0.15, -0.1) is 0 Å². The number of hydrogen-bond acceptors (Lipinski definition) is 5. The molecule has 0 aliphatic carbocycles. The Kier molecular flexibility index (Phi) is 7.22. The summed E-state index contributed by atoms with van der Waals surface area (Å²) in [6.45, 7) is -1.54. The summed E-state index contributed by atoms with van der Waals surface area (Å²) < 4.78 is 47.1. The van der Waals surface area contributed by atoms with Gasteiger partial charge in [-0.25, -0.2) is 4.79 Å². The van der Waals surface area contributed by atoms with Crippen LogP contribution in [-0.4, -0.2) is 56.5 Å². The van der Waals surface area contributed by atoms with Crippen molar-refractivity contribution >= 4 is 17.8 Å². The summed E-state index contributed by atoms with van der Waals surface area (Å²) in [4.78, 5) is 35.3. The van der Waals surface area contributed by atoms with Gasteiger partial charge in [-0.3, -0.25) is 9.59 Å². The highest BCUT2D eigenvalue weighted by Crippen LogP contribution is 2.31. The molecule has 0 saturated heterocycles. The van der Waals surface area contributed by atoms with Gasteiger partial charge in [0.2, 0.25) is 5.91 Å². The third-order valence-electron chi connectivity index (χ3n) is 2.82. The molecule has 1 aromatic rings. The fourth-order valence-corrected chi connectivity index (χ4v) is 1.48. The van der Waals surface area contributed by atoms with Gasteiger partial charge in [0.1, 0.15) is 5.75 Å². The summed E-state index contributed by atoms with van der Waals surface area (Å²) in [5, 5.41) is 2.24. The number of nitrogens with one attached hydrogen (secondary N) is 1. The molecule has 1 aromatic carbocycles. The minimum Gasteiger partial charge on any atom is -0.482 e. The highest BCUT2D eigenvalue weighted by Gasteiger charge is 2.30. The van der Waals surface area contributed by atoms with Crippen molar-refractivity contribution in [1.82, 2.24) is 10.2 Å². The lowest BCUT2D eigenvalue weighted by molar-refractivity contribution is -0.150. The highest BCUT2D eigenvalue weighted by molar-refractivity contribution is 5.86. The van der Waals surface area contributed by atoms with E-state index in [0.29, 0.717) is 0 Å². The maximum absolute atomic E-state index is 12.5. The maximum Gasteiger partial charge on any atom is 0.416 e. The van der Waals surface area contributed by atoms with Crippen molar-refractivity contribution in [3.63, 3.8) is 0 Å². The molecular weight excluding hydrogens is 345 g/mol. The Morgan fingerprint density at radius 2 is 1.84 bits per heavy atom. The summed E-state index contributed by atoms with van der Waals surface area (Å²) in [5.74, 6) is -2.13. The molecule has 0 bridgehead atoms. The molecular formula is C15H17F3N2O5. The molecule has 0 aliphatic heterocycles. The van der Waals surface area contributed by atoms with E-state index in [1.807, 2.05) is 0 Å². The van der Waals surface area contributed by atoms with Crippen LogP contribution in [0.15, 0.2) is 24.3 Å². The molecule has 0 aliphatic rings. The molecule has 0 radical (unpaired) electrons. The van der Waals surface area contributed by atoms with E-state index >= 15 is 0 Å². The molecule has 10 heteroatoms. The van der Waals surface area contributed by atoms with Crippen LogP contribution in [0.3, 0.4) is 0 Å². The van der Waals surface area contributed by atoms with Crippen LogP contribution in [0.5, 0.6) is 5.75 Å². The van der Waals surface area contributed by atoms with E-state index in [1.54, 1.807) is 0 Å². The van der Waals surface area contributed by atoms with Crippen molar-refractivity contribution < 1.29 is 37.0 Å². The molecule has 0 spiro atoms. The average Bonchev–Trinajstić information content (AvgIpc) is 2.55. The van der Waals surface area contributed by atoms with E-state index in [0.717, 1.165) is 18.2 Å². The van der Waals surface area contributed by atoms with Gasteiger partial charge < -0.3 is 19.7 Å². The number of carbonyl (C=O) groups excluding carboxylic acids is 3. The lowest BCUT2D eigenvalue weighted by Gasteiger charge is -2.11. The van der Waals surface area contributed by atoms with Gasteiger partial charge in [-0.2, -0.15) is 13.2 Å². The zero-order valence-electron chi connectivity index (χ0n) is 13.6. The minimum atomic E-state index is -4.53. The number of halogens is 3. The van der Waals surface area contributed by atoms with Crippen LogP contribution >= 0.6 is 0 Å². The van der Waals surface area contributed by atoms with Gasteiger partial charge in [-0.1, -0.05) is 6.07 Å². The first-order valence-electron chi connectivity index (χ1n) is 7.02. The number of ether oxygens (including phenoxy) is 2. The molecule has 2 amide bonds. The Morgan fingerprint density at radius 3 is 2.44 bits per heavy atom. The number of likely N-dealkylation sites (N-methyl/N-ethyl adjacent to an activating group) is 1. The van der Waals surface area contributed by atoms with Crippen molar-refractivity contribution in [2.45, 2.75) is 6.18 Å². The summed E-state index contributed by atoms with van der Waals surface area (Å²) >= 11 is 0. The fraction of sp³-hybridized carbons (Fsp3) is 0.400. The van der Waals surface area contributed by atoms with Gasteiger partial charge in [0.15, 0.2) is 13.2 Å². The molecule has 1 N–H and O–H groups in total. The fourth-order valence-electron chi connectivity index (χ4n) is 1.48. The molecule has 1 rings (SSSR count). The topological polar surface area (TPSA) is 84.9 Å². The second-order valence-corrected chi connectivity index (χ2v) is 5.04. The molecule has 0 fully saturated rings. The first-order chi connectivity index (χ1) is 11.6. The van der Waals surface area contributed by atoms with Crippen molar-refractivity contribution in [1.29, 1.82) is 0 Å². The molecule has 7 nitrogen and oxygen atoms in total. The van der Waals surface area contributed by atoms with E-state index in [1.165, 1.54) is 25.1 Å². The zero-order valence-corrected chi connectivity index (χ0v) is 13.6. The predicted molar refractivity (Wildman–Crippen MR) is 79.6 cm³/mol. The van der Waals surface area contributed by atoms with E-state index in [9.17, 15) is 27.6 Å². The van der Waals surface area contributed by atoms with Crippen LogP contribution in [0, 0.1) is 0 Å². The second kappa shape index (κ2) is 8.90. The summed E-state index contributed by atoms with van der Waals surface area (Å²) in [6, 6.07) is 4.00. The SMILES string of the molecule is CN(C)C(=O)CNC(=O)COC(=O)COc1cccc(C(F)(F)F)c1. The minimum absolute atomic E-state index is 0.159. The first kappa shape index (κ1) is 20.3. The third-order valence-corrected chi connectivity index (χ3v) is 2.82. The van der Waals surface area contributed by atoms with Crippen molar-refractivity contribution in [3.8, 4) is 5.75 Å². The number of rotatable bonds is 7. The second-order valence-electron chi connectivity index (χ2n) is 5.04. The average molecular weight is 362 g/mol. The van der Waals surface area contributed by atoms with E-state index in [2.05, 4.69) is 10.1 Å². The predicted octanol–water partition coefficient (Wildman–Crippen LogP) is 0.832. The molecule has 25 heavy (non-hydrogen) atoms. The number of hydrogen-bond donors (Lipinski definition) is 1. The number of nitrogens with zero attached hydrogens (tertiary/aromatic N) is 1. The molecule has 0 aromatic heterocycles. The number of carbonyl (C=O) groups is 3. The monoisotopic (exact) mass is 362 g/mol. The van der Waals surface area contributed by atoms with Crippen LogP contribution in [0.25, 0.3) is 0 Å². The zero-order chi connectivity index (χ0) is 19.0. The number of benzene rings is 1. The van der Waals surface area contributed by atoms with Gasteiger partial charge >= 0.3 is 12.1 Å². The van der Waals surface area contributed by atoms with Gasteiger partial charge in [0, 0.05) is 14.1 Å². The van der Waals surface area contributed by atoms with Gasteiger partial charge in [0.25, 0.3) is 5.91 Å². The summed E-state index contributed by atoms with van der Waals surface area (Å²) in [6.07, 6.45) is -4.53. The summed E-state index contributed by atoms with van der Waals surface area (Å²) in [5.41, 5.74) is -0.914.